The van der Waals surface area contributed by atoms with Crippen molar-refractivity contribution < 1.29 is 9.13 Å². The Labute approximate surface area is 174 Å². The van der Waals surface area contributed by atoms with Gasteiger partial charge in [0.25, 0.3) is 0 Å². The molecule has 1 atom stereocenters. The Hall–Kier alpha value is -3.41. The molecule has 0 saturated carbocycles. The fourth-order valence-electron chi connectivity index (χ4n) is 4.30. The first-order valence-corrected chi connectivity index (χ1v) is 10.2. The molecule has 0 radical (unpaired) electrons. The summed E-state index contributed by atoms with van der Waals surface area (Å²) < 4.78 is 20.5. The number of halogens is 1. The number of fused-ring (bicyclic) bond motifs is 1. The molecule has 0 spiro atoms. The van der Waals surface area contributed by atoms with E-state index >= 15 is 0 Å². The van der Waals surface area contributed by atoms with E-state index in [1.165, 1.54) is 12.1 Å². The van der Waals surface area contributed by atoms with Crippen LogP contribution >= 0.6 is 0 Å². The van der Waals surface area contributed by atoms with Crippen molar-refractivity contribution >= 4 is 11.3 Å². The summed E-state index contributed by atoms with van der Waals surface area (Å²) in [5.74, 6) is 0.954. The number of methoxy groups -OCH3 is 1. The molecule has 1 aliphatic rings. The van der Waals surface area contributed by atoms with Gasteiger partial charge in [0.1, 0.15) is 11.6 Å². The summed E-state index contributed by atoms with van der Waals surface area (Å²) in [6.45, 7) is 1.86. The van der Waals surface area contributed by atoms with Crippen LogP contribution in [0.2, 0.25) is 0 Å². The zero-order valence-electron chi connectivity index (χ0n) is 16.8. The maximum absolute atomic E-state index is 13.3. The summed E-state index contributed by atoms with van der Waals surface area (Å²) in [4.78, 5) is 6.94. The minimum absolute atomic E-state index is 0.203. The second-order valence-corrected chi connectivity index (χ2v) is 7.65. The maximum Gasteiger partial charge on any atom is 0.163 e. The summed E-state index contributed by atoms with van der Waals surface area (Å²) >= 11 is 0. The highest BCUT2D eigenvalue weighted by molar-refractivity contribution is 5.77. The molecule has 5 rings (SSSR count). The van der Waals surface area contributed by atoms with Gasteiger partial charge in [0.2, 0.25) is 0 Å². The number of anilines is 1. The normalized spacial score (nSPS) is 16.7. The van der Waals surface area contributed by atoms with Crippen LogP contribution in [-0.2, 0) is 0 Å². The highest BCUT2D eigenvalue weighted by Gasteiger charge is 2.24. The van der Waals surface area contributed by atoms with Gasteiger partial charge in [-0.1, -0.05) is 12.1 Å². The fraction of sp³-hybridized carbons (Fsp3) is 0.250. The molecule has 0 N–H and O–H groups in total. The van der Waals surface area contributed by atoms with Crippen LogP contribution in [0.1, 0.15) is 24.5 Å². The summed E-state index contributed by atoms with van der Waals surface area (Å²) in [5.41, 5.74) is 5.15. The quantitative estimate of drug-likeness (QED) is 0.486. The summed E-state index contributed by atoms with van der Waals surface area (Å²) in [7, 11) is 1.66. The molecule has 1 aliphatic heterocycles. The highest BCUT2D eigenvalue weighted by Crippen LogP contribution is 2.32. The van der Waals surface area contributed by atoms with Crippen molar-refractivity contribution in [3.8, 4) is 16.9 Å². The van der Waals surface area contributed by atoms with Crippen LogP contribution in [-0.4, -0.2) is 34.8 Å². The van der Waals surface area contributed by atoms with Crippen molar-refractivity contribution in [2.75, 3.05) is 25.1 Å². The van der Waals surface area contributed by atoms with E-state index in [0.29, 0.717) is 5.92 Å². The first-order valence-electron chi connectivity index (χ1n) is 10.2. The summed E-state index contributed by atoms with van der Waals surface area (Å²) in [6.07, 6.45) is 5.93. The lowest BCUT2D eigenvalue weighted by atomic mass is 9.94. The van der Waals surface area contributed by atoms with Gasteiger partial charge in [-0.25, -0.2) is 13.9 Å². The Balaban J connectivity index is 1.47. The zero-order valence-corrected chi connectivity index (χ0v) is 16.8. The monoisotopic (exact) mass is 402 g/mol. The molecule has 0 bridgehead atoms. The van der Waals surface area contributed by atoms with Gasteiger partial charge in [0, 0.05) is 36.5 Å². The van der Waals surface area contributed by atoms with E-state index in [4.69, 9.17) is 4.74 Å². The molecule has 0 aliphatic carbocycles. The Kier molecular flexibility index (Phi) is 4.83. The third-order valence-electron chi connectivity index (χ3n) is 5.86. The predicted octanol–water partition coefficient (Wildman–Crippen LogP) is 4.93. The fourth-order valence-corrected chi connectivity index (χ4v) is 4.30. The average Bonchev–Trinajstić information content (AvgIpc) is 3.24. The van der Waals surface area contributed by atoms with Crippen molar-refractivity contribution in [1.29, 1.82) is 0 Å². The van der Waals surface area contributed by atoms with Crippen LogP contribution in [0, 0.1) is 5.82 Å². The van der Waals surface area contributed by atoms with Gasteiger partial charge >= 0.3 is 0 Å². The van der Waals surface area contributed by atoms with E-state index in [2.05, 4.69) is 21.0 Å². The molecule has 30 heavy (non-hydrogen) atoms. The molecule has 0 amide bonds. The van der Waals surface area contributed by atoms with Crippen molar-refractivity contribution in [3.63, 3.8) is 0 Å². The summed E-state index contributed by atoms with van der Waals surface area (Å²) in [5, 5.41) is 4.68. The van der Waals surface area contributed by atoms with E-state index in [1.807, 2.05) is 53.3 Å². The van der Waals surface area contributed by atoms with Gasteiger partial charge in [-0.3, -0.25) is 0 Å². The van der Waals surface area contributed by atoms with Gasteiger partial charge in [-0.2, -0.15) is 5.10 Å². The molecule has 2 aromatic heterocycles. The Morgan fingerprint density at radius 3 is 2.60 bits per heavy atom. The Morgan fingerprint density at radius 2 is 1.83 bits per heavy atom. The van der Waals surface area contributed by atoms with Gasteiger partial charge < -0.3 is 9.64 Å². The Bertz CT molecular complexity index is 1150. The topological polar surface area (TPSA) is 42.7 Å². The lowest BCUT2D eigenvalue weighted by Crippen LogP contribution is -2.35. The van der Waals surface area contributed by atoms with Crippen LogP contribution in [0.4, 0.5) is 10.1 Å². The van der Waals surface area contributed by atoms with Crippen LogP contribution < -0.4 is 9.64 Å². The van der Waals surface area contributed by atoms with Crippen molar-refractivity contribution in [1.82, 2.24) is 14.6 Å². The van der Waals surface area contributed by atoms with Crippen LogP contribution in [0.3, 0.4) is 0 Å². The Morgan fingerprint density at radius 1 is 1.03 bits per heavy atom. The largest absolute Gasteiger partial charge is 0.497 e. The number of benzene rings is 2. The average molecular weight is 402 g/mol. The van der Waals surface area contributed by atoms with Crippen molar-refractivity contribution in [3.05, 3.63) is 78.5 Å². The van der Waals surface area contributed by atoms with Gasteiger partial charge in [0.15, 0.2) is 5.65 Å². The number of aromatic nitrogens is 3. The molecule has 6 heteroatoms. The first-order chi connectivity index (χ1) is 14.7. The minimum atomic E-state index is -0.203. The van der Waals surface area contributed by atoms with E-state index < -0.39 is 0 Å². The molecule has 1 unspecified atom stereocenters. The van der Waals surface area contributed by atoms with E-state index in [9.17, 15) is 4.39 Å². The molecule has 1 fully saturated rings. The maximum atomic E-state index is 13.3. The number of nitrogens with zero attached hydrogens (tertiary/aromatic N) is 4. The molecular weight excluding hydrogens is 379 g/mol. The predicted molar refractivity (Wildman–Crippen MR) is 116 cm³/mol. The SMILES string of the molecule is COc1ccc(-c2cnn3c(C4CCCN(c5ccc(F)cc5)C4)ccnc23)cc1. The molecule has 3 heterocycles. The third kappa shape index (κ3) is 3.38. The molecule has 5 nitrogen and oxygen atoms in total. The molecule has 2 aromatic carbocycles. The van der Waals surface area contributed by atoms with Crippen molar-refractivity contribution in [2.24, 2.45) is 0 Å². The van der Waals surface area contributed by atoms with Crippen molar-refractivity contribution in [2.45, 2.75) is 18.8 Å². The highest BCUT2D eigenvalue weighted by atomic mass is 19.1. The lowest BCUT2D eigenvalue weighted by Gasteiger charge is -2.34. The van der Waals surface area contributed by atoms with E-state index in [1.54, 1.807) is 7.11 Å². The van der Waals surface area contributed by atoms with Gasteiger partial charge in [0.05, 0.1) is 19.0 Å². The third-order valence-corrected chi connectivity index (χ3v) is 5.86. The number of piperidine rings is 1. The number of hydrogen-bond acceptors (Lipinski definition) is 4. The van der Waals surface area contributed by atoms with E-state index in [-0.39, 0.29) is 5.82 Å². The number of ether oxygens (including phenoxy) is 1. The number of rotatable bonds is 4. The van der Waals surface area contributed by atoms with Crippen LogP contribution in [0.15, 0.2) is 67.0 Å². The second kappa shape index (κ2) is 7.78. The van der Waals surface area contributed by atoms with Crippen LogP contribution in [0.5, 0.6) is 5.75 Å². The zero-order chi connectivity index (χ0) is 20.5. The minimum Gasteiger partial charge on any atom is -0.497 e. The second-order valence-electron chi connectivity index (χ2n) is 7.65. The van der Waals surface area contributed by atoms with Gasteiger partial charge in [-0.05, 0) is 60.9 Å². The van der Waals surface area contributed by atoms with Gasteiger partial charge in [-0.15, -0.1) is 0 Å². The van der Waals surface area contributed by atoms with E-state index in [0.717, 1.165) is 59.8 Å². The molecule has 152 valence electrons. The lowest BCUT2D eigenvalue weighted by molar-refractivity contribution is 0.415. The summed E-state index contributed by atoms with van der Waals surface area (Å²) in [6, 6.07) is 16.8. The first kappa shape index (κ1) is 18.6. The molecular formula is C24H23FN4O. The smallest absolute Gasteiger partial charge is 0.163 e. The molecule has 1 saturated heterocycles. The molecule has 4 aromatic rings. The standard InChI is InChI=1S/C24H23FN4O/c1-30-21-10-4-17(5-11-21)22-15-27-29-23(12-13-26-24(22)29)18-3-2-14-28(16-18)20-8-6-19(25)7-9-20/h4-13,15,18H,2-3,14,16H2,1H3. The number of hydrogen-bond donors (Lipinski definition) is 0. The van der Waals surface area contributed by atoms with Crippen LogP contribution in [0.25, 0.3) is 16.8 Å².